The van der Waals surface area contributed by atoms with E-state index in [4.69, 9.17) is 5.73 Å². The highest BCUT2D eigenvalue weighted by atomic mass is 16.1. The van der Waals surface area contributed by atoms with Gasteiger partial charge >= 0.3 is 0 Å². The van der Waals surface area contributed by atoms with E-state index in [2.05, 4.69) is 26.1 Å². The second-order valence-electron chi connectivity index (χ2n) is 8.16. The molecule has 136 valence electrons. The summed E-state index contributed by atoms with van der Waals surface area (Å²) in [6.45, 7) is 8.06. The van der Waals surface area contributed by atoms with E-state index in [1.54, 1.807) is 0 Å². The van der Waals surface area contributed by atoms with Gasteiger partial charge in [-0.1, -0.05) is 46.5 Å². The van der Waals surface area contributed by atoms with Crippen molar-refractivity contribution in [1.29, 1.82) is 0 Å². The van der Waals surface area contributed by atoms with Gasteiger partial charge in [0.2, 0.25) is 5.91 Å². The summed E-state index contributed by atoms with van der Waals surface area (Å²) in [5, 5.41) is 3.80. The monoisotopic (exact) mass is 324 g/mol. The maximum absolute atomic E-state index is 11.0. The van der Waals surface area contributed by atoms with Crippen LogP contribution in [0.4, 0.5) is 0 Å². The molecule has 3 nitrogen and oxygen atoms in total. The minimum Gasteiger partial charge on any atom is -0.370 e. The van der Waals surface area contributed by atoms with Crippen LogP contribution in [0, 0.1) is 11.3 Å². The molecular weight excluding hydrogens is 284 g/mol. The second kappa shape index (κ2) is 11.1. The number of amides is 1. The Morgan fingerprint density at radius 3 is 2.39 bits per heavy atom. The van der Waals surface area contributed by atoms with Crippen LogP contribution in [0.5, 0.6) is 0 Å². The van der Waals surface area contributed by atoms with E-state index in [0.717, 1.165) is 25.3 Å². The fraction of sp³-hybridized carbons (Fsp3) is 0.950. The average Bonchev–Trinajstić information content (AvgIpc) is 2.51. The smallest absolute Gasteiger partial charge is 0.217 e. The Morgan fingerprint density at radius 1 is 1.13 bits per heavy atom. The zero-order valence-corrected chi connectivity index (χ0v) is 15.8. The highest BCUT2D eigenvalue weighted by Crippen LogP contribution is 2.43. The Balaban J connectivity index is 2.48. The van der Waals surface area contributed by atoms with Crippen LogP contribution in [-0.2, 0) is 4.79 Å². The van der Waals surface area contributed by atoms with E-state index in [0.29, 0.717) is 17.9 Å². The molecule has 0 saturated heterocycles. The molecule has 0 aromatic rings. The predicted molar refractivity (Wildman–Crippen MR) is 99.3 cm³/mol. The Bertz CT molecular complexity index is 322. The highest BCUT2D eigenvalue weighted by Gasteiger charge is 2.32. The molecule has 0 spiro atoms. The van der Waals surface area contributed by atoms with Crippen molar-refractivity contribution in [3.63, 3.8) is 0 Å². The first kappa shape index (κ1) is 20.5. The third-order valence-electron chi connectivity index (χ3n) is 5.71. The first-order chi connectivity index (χ1) is 11.0. The minimum atomic E-state index is -0.161. The molecule has 3 heteroatoms. The highest BCUT2D eigenvalue weighted by molar-refractivity contribution is 5.73. The fourth-order valence-electron chi connectivity index (χ4n) is 4.14. The van der Waals surface area contributed by atoms with Gasteiger partial charge in [0, 0.05) is 12.5 Å². The lowest BCUT2D eigenvalue weighted by molar-refractivity contribution is -0.118. The number of rotatable bonds is 12. The number of hydrogen-bond acceptors (Lipinski definition) is 2. The lowest BCUT2D eigenvalue weighted by Crippen LogP contribution is -2.37. The van der Waals surface area contributed by atoms with Crippen LogP contribution >= 0.6 is 0 Å². The van der Waals surface area contributed by atoms with Crippen molar-refractivity contribution in [3.05, 3.63) is 0 Å². The van der Waals surface area contributed by atoms with Crippen molar-refractivity contribution in [2.75, 3.05) is 6.54 Å². The second-order valence-corrected chi connectivity index (χ2v) is 8.16. The molecule has 0 aliphatic heterocycles. The third-order valence-corrected chi connectivity index (χ3v) is 5.71. The van der Waals surface area contributed by atoms with Crippen LogP contribution < -0.4 is 11.1 Å². The molecule has 1 aliphatic carbocycles. The van der Waals surface area contributed by atoms with E-state index < -0.39 is 0 Å². The normalized spacial score (nSPS) is 19.0. The maximum Gasteiger partial charge on any atom is 0.217 e. The zero-order chi connectivity index (χ0) is 17.1. The maximum atomic E-state index is 11.0. The summed E-state index contributed by atoms with van der Waals surface area (Å²) in [7, 11) is 0. The van der Waals surface area contributed by atoms with Crippen molar-refractivity contribution < 1.29 is 4.79 Å². The van der Waals surface area contributed by atoms with Gasteiger partial charge in [-0.05, 0) is 62.8 Å². The summed E-state index contributed by atoms with van der Waals surface area (Å²) < 4.78 is 0. The van der Waals surface area contributed by atoms with Crippen molar-refractivity contribution >= 4 is 5.91 Å². The Hall–Kier alpha value is -0.570. The van der Waals surface area contributed by atoms with E-state index in [-0.39, 0.29) is 5.91 Å². The van der Waals surface area contributed by atoms with Crippen LogP contribution in [0.25, 0.3) is 0 Å². The number of hydrogen-bond donors (Lipinski definition) is 2. The molecule has 1 atom stereocenters. The molecule has 0 radical (unpaired) electrons. The van der Waals surface area contributed by atoms with Gasteiger partial charge in [0.15, 0.2) is 0 Å². The largest absolute Gasteiger partial charge is 0.370 e. The molecule has 1 unspecified atom stereocenters. The standard InChI is InChI=1S/C20H40N2O/c1-4-20(13-6-5-7-14-20)16-18(11-8-12-19(21)23)22-15-9-10-17(2)3/h17-18,22H,4-16H2,1-3H3,(H2,21,23). The van der Waals surface area contributed by atoms with Crippen LogP contribution in [0.15, 0.2) is 0 Å². The van der Waals surface area contributed by atoms with Gasteiger partial charge in [-0.15, -0.1) is 0 Å². The van der Waals surface area contributed by atoms with E-state index in [1.165, 1.54) is 57.8 Å². The molecule has 1 rings (SSSR count). The van der Waals surface area contributed by atoms with Crippen molar-refractivity contribution in [2.45, 2.75) is 104 Å². The van der Waals surface area contributed by atoms with Gasteiger partial charge in [0.05, 0.1) is 0 Å². The van der Waals surface area contributed by atoms with Crippen LogP contribution in [0.1, 0.15) is 97.8 Å². The topological polar surface area (TPSA) is 55.1 Å². The molecular formula is C20H40N2O. The zero-order valence-electron chi connectivity index (χ0n) is 15.8. The summed E-state index contributed by atoms with van der Waals surface area (Å²) >= 11 is 0. The van der Waals surface area contributed by atoms with Crippen molar-refractivity contribution in [3.8, 4) is 0 Å². The van der Waals surface area contributed by atoms with Gasteiger partial charge in [0.1, 0.15) is 0 Å². The van der Waals surface area contributed by atoms with Gasteiger partial charge in [-0.2, -0.15) is 0 Å². The van der Waals surface area contributed by atoms with E-state index >= 15 is 0 Å². The number of carbonyl (C=O) groups excluding carboxylic acids is 1. The molecule has 1 saturated carbocycles. The lowest BCUT2D eigenvalue weighted by Gasteiger charge is -2.39. The first-order valence-electron chi connectivity index (χ1n) is 9.99. The van der Waals surface area contributed by atoms with E-state index in [1.807, 2.05) is 0 Å². The Morgan fingerprint density at radius 2 is 1.83 bits per heavy atom. The first-order valence-corrected chi connectivity index (χ1v) is 9.99. The number of carbonyl (C=O) groups is 1. The molecule has 0 heterocycles. The molecule has 0 bridgehead atoms. The fourth-order valence-corrected chi connectivity index (χ4v) is 4.14. The lowest BCUT2D eigenvalue weighted by atomic mass is 9.68. The Kier molecular flexibility index (Phi) is 9.85. The van der Waals surface area contributed by atoms with Crippen molar-refractivity contribution in [2.24, 2.45) is 17.1 Å². The molecule has 1 amide bonds. The number of nitrogens with two attached hydrogens (primary N) is 1. The average molecular weight is 325 g/mol. The Labute approximate surface area is 144 Å². The molecule has 23 heavy (non-hydrogen) atoms. The molecule has 0 aromatic heterocycles. The van der Waals surface area contributed by atoms with Gasteiger partial charge in [0.25, 0.3) is 0 Å². The molecule has 0 aromatic carbocycles. The summed E-state index contributed by atoms with van der Waals surface area (Å²) in [4.78, 5) is 11.0. The summed E-state index contributed by atoms with van der Waals surface area (Å²) in [6.07, 6.45) is 14.7. The summed E-state index contributed by atoms with van der Waals surface area (Å²) in [5.74, 6) is 0.622. The SMILES string of the molecule is CCC1(CC(CCCC(N)=O)NCCCC(C)C)CCCCC1. The molecule has 1 aliphatic rings. The predicted octanol–water partition coefficient (Wildman–Crippen LogP) is 4.79. The van der Waals surface area contributed by atoms with Gasteiger partial charge in [-0.3, -0.25) is 4.79 Å². The van der Waals surface area contributed by atoms with Crippen LogP contribution in [0.3, 0.4) is 0 Å². The minimum absolute atomic E-state index is 0.161. The molecule has 1 fully saturated rings. The van der Waals surface area contributed by atoms with Gasteiger partial charge < -0.3 is 11.1 Å². The van der Waals surface area contributed by atoms with Gasteiger partial charge in [-0.25, -0.2) is 0 Å². The van der Waals surface area contributed by atoms with Crippen molar-refractivity contribution in [1.82, 2.24) is 5.32 Å². The molecule has 3 N–H and O–H groups in total. The van der Waals surface area contributed by atoms with Crippen LogP contribution in [-0.4, -0.2) is 18.5 Å². The third kappa shape index (κ3) is 8.74. The number of primary amides is 1. The van der Waals surface area contributed by atoms with Crippen LogP contribution in [0.2, 0.25) is 0 Å². The summed E-state index contributed by atoms with van der Waals surface area (Å²) in [6, 6.07) is 0.555. The quantitative estimate of drug-likeness (QED) is 0.507. The van der Waals surface area contributed by atoms with E-state index in [9.17, 15) is 4.79 Å². The summed E-state index contributed by atoms with van der Waals surface area (Å²) in [5.41, 5.74) is 5.85. The number of nitrogens with one attached hydrogen (secondary N) is 1.